The van der Waals surface area contributed by atoms with Crippen LogP contribution < -0.4 is 5.32 Å². The minimum Gasteiger partial charge on any atom is -0.316 e. The second kappa shape index (κ2) is 6.90. The predicted molar refractivity (Wildman–Crippen MR) is 87.9 cm³/mol. The first-order valence-corrected chi connectivity index (χ1v) is 8.90. The SMILES string of the molecule is CCc1ccc(CNC)cc1S(=O)(=O)N(C)C(C)(C)CC. The predicted octanol–water partition coefficient (Wildman–Crippen LogP) is 2.78. The summed E-state index contributed by atoms with van der Waals surface area (Å²) in [5.74, 6) is 0. The Morgan fingerprint density at radius 3 is 2.33 bits per heavy atom. The minimum absolute atomic E-state index is 0.400. The van der Waals surface area contributed by atoms with Crippen molar-refractivity contribution in [1.82, 2.24) is 9.62 Å². The number of nitrogens with zero attached hydrogens (tertiary/aromatic N) is 1. The molecular formula is C16H28N2O2S. The monoisotopic (exact) mass is 312 g/mol. The Hall–Kier alpha value is -0.910. The summed E-state index contributed by atoms with van der Waals surface area (Å²) in [7, 11) is 0.0383. The summed E-state index contributed by atoms with van der Waals surface area (Å²) in [6.07, 6.45) is 1.47. The van der Waals surface area contributed by atoms with Gasteiger partial charge in [-0.05, 0) is 50.9 Å². The molecule has 5 heteroatoms. The van der Waals surface area contributed by atoms with Crippen molar-refractivity contribution in [2.45, 2.75) is 57.5 Å². The van der Waals surface area contributed by atoms with E-state index in [-0.39, 0.29) is 0 Å². The molecule has 0 unspecified atom stereocenters. The van der Waals surface area contributed by atoms with Crippen LogP contribution in [0.1, 0.15) is 45.2 Å². The molecule has 1 aromatic carbocycles. The number of hydrogen-bond donors (Lipinski definition) is 1. The van der Waals surface area contributed by atoms with Gasteiger partial charge < -0.3 is 5.32 Å². The molecule has 0 radical (unpaired) electrons. The van der Waals surface area contributed by atoms with Crippen LogP contribution in [-0.4, -0.2) is 32.4 Å². The van der Waals surface area contributed by atoms with Gasteiger partial charge in [0.1, 0.15) is 0 Å². The largest absolute Gasteiger partial charge is 0.316 e. The lowest BCUT2D eigenvalue weighted by Gasteiger charge is -2.34. The topological polar surface area (TPSA) is 49.4 Å². The molecule has 1 N–H and O–H groups in total. The van der Waals surface area contributed by atoms with Crippen LogP contribution in [-0.2, 0) is 23.0 Å². The molecule has 0 amide bonds. The number of hydrogen-bond acceptors (Lipinski definition) is 3. The zero-order valence-electron chi connectivity index (χ0n) is 14.0. The van der Waals surface area contributed by atoms with Crippen LogP contribution in [0.2, 0.25) is 0 Å². The molecule has 0 atom stereocenters. The van der Waals surface area contributed by atoms with Crippen molar-refractivity contribution < 1.29 is 8.42 Å². The van der Waals surface area contributed by atoms with Crippen molar-refractivity contribution in [1.29, 1.82) is 0 Å². The van der Waals surface area contributed by atoms with Crippen LogP contribution in [0.5, 0.6) is 0 Å². The van der Waals surface area contributed by atoms with Gasteiger partial charge >= 0.3 is 0 Å². The maximum absolute atomic E-state index is 13.0. The lowest BCUT2D eigenvalue weighted by molar-refractivity contribution is 0.257. The van der Waals surface area contributed by atoms with E-state index >= 15 is 0 Å². The van der Waals surface area contributed by atoms with Crippen molar-refractivity contribution >= 4 is 10.0 Å². The van der Waals surface area contributed by atoms with Crippen LogP contribution in [0, 0.1) is 0 Å². The summed E-state index contributed by atoms with van der Waals surface area (Å²) in [4.78, 5) is 0.432. The number of benzene rings is 1. The fraction of sp³-hybridized carbons (Fsp3) is 0.625. The van der Waals surface area contributed by atoms with Crippen molar-refractivity contribution in [3.63, 3.8) is 0 Å². The quantitative estimate of drug-likeness (QED) is 0.842. The molecule has 0 spiro atoms. The molecule has 0 saturated carbocycles. The standard InChI is InChI=1S/C16H28N2O2S/c1-7-14-10-9-13(12-17-5)11-15(14)21(19,20)18(6)16(3,4)8-2/h9-11,17H,7-8,12H2,1-6H3. The highest BCUT2D eigenvalue weighted by Crippen LogP contribution is 2.28. The molecule has 21 heavy (non-hydrogen) atoms. The van der Waals surface area contributed by atoms with Crippen molar-refractivity contribution in [3.05, 3.63) is 29.3 Å². The number of nitrogens with one attached hydrogen (secondary N) is 1. The maximum Gasteiger partial charge on any atom is 0.243 e. The smallest absolute Gasteiger partial charge is 0.243 e. The Balaban J connectivity index is 3.38. The summed E-state index contributed by atoms with van der Waals surface area (Å²) >= 11 is 0. The summed E-state index contributed by atoms with van der Waals surface area (Å²) < 4.78 is 27.5. The van der Waals surface area contributed by atoms with E-state index in [0.717, 1.165) is 17.5 Å². The zero-order chi connectivity index (χ0) is 16.3. The molecule has 0 aliphatic rings. The summed E-state index contributed by atoms with van der Waals surface area (Å²) in [5, 5.41) is 3.06. The van der Waals surface area contributed by atoms with Gasteiger partial charge in [0.2, 0.25) is 10.0 Å². The number of sulfonamides is 1. The van der Waals surface area contributed by atoms with E-state index in [1.807, 2.05) is 46.9 Å². The third-order valence-electron chi connectivity index (χ3n) is 4.25. The highest BCUT2D eigenvalue weighted by molar-refractivity contribution is 7.89. The van der Waals surface area contributed by atoms with Crippen molar-refractivity contribution in [2.24, 2.45) is 0 Å². The highest BCUT2D eigenvalue weighted by Gasteiger charge is 2.33. The van der Waals surface area contributed by atoms with Gasteiger partial charge in [-0.25, -0.2) is 8.42 Å². The molecule has 0 saturated heterocycles. The number of rotatable bonds is 7. The zero-order valence-corrected chi connectivity index (χ0v) is 14.8. The van der Waals surface area contributed by atoms with Gasteiger partial charge in [-0.1, -0.05) is 26.0 Å². The molecule has 120 valence electrons. The fourth-order valence-corrected chi connectivity index (χ4v) is 4.06. The van der Waals surface area contributed by atoms with Gasteiger partial charge in [-0.15, -0.1) is 0 Å². The second-order valence-corrected chi connectivity index (χ2v) is 7.90. The van der Waals surface area contributed by atoms with Crippen molar-refractivity contribution in [3.8, 4) is 0 Å². The van der Waals surface area contributed by atoms with E-state index in [9.17, 15) is 8.42 Å². The summed E-state index contributed by atoms with van der Waals surface area (Å²) in [5.41, 5.74) is 1.45. The first-order chi connectivity index (χ1) is 9.70. The third kappa shape index (κ3) is 3.84. The van der Waals surface area contributed by atoms with Crippen molar-refractivity contribution in [2.75, 3.05) is 14.1 Å². The van der Waals surface area contributed by atoms with Crippen LogP contribution >= 0.6 is 0 Å². The molecule has 4 nitrogen and oxygen atoms in total. The van der Waals surface area contributed by atoms with Gasteiger partial charge in [0.15, 0.2) is 0 Å². The van der Waals surface area contributed by atoms with Crippen LogP contribution in [0.15, 0.2) is 23.1 Å². The van der Waals surface area contributed by atoms with E-state index in [1.54, 1.807) is 13.1 Å². The summed E-state index contributed by atoms with van der Waals surface area (Å²) in [6, 6.07) is 5.71. The second-order valence-electron chi connectivity index (χ2n) is 5.96. The molecule has 0 heterocycles. The maximum atomic E-state index is 13.0. The average molecular weight is 312 g/mol. The third-order valence-corrected chi connectivity index (χ3v) is 6.40. The Labute approximate surface area is 129 Å². The van der Waals surface area contributed by atoms with Gasteiger partial charge in [-0.3, -0.25) is 0 Å². The number of aryl methyl sites for hydroxylation is 1. The molecular weight excluding hydrogens is 284 g/mol. The molecule has 0 aliphatic carbocycles. The molecule has 1 rings (SSSR count). The van der Waals surface area contributed by atoms with E-state index in [4.69, 9.17) is 0 Å². The normalized spacial score (nSPS) is 12.9. The lowest BCUT2D eigenvalue weighted by atomic mass is 10.0. The first-order valence-electron chi connectivity index (χ1n) is 7.46. The van der Waals surface area contributed by atoms with Crippen LogP contribution in [0.25, 0.3) is 0 Å². The van der Waals surface area contributed by atoms with Gasteiger partial charge in [0.05, 0.1) is 4.90 Å². The minimum atomic E-state index is -3.49. The molecule has 0 bridgehead atoms. The first kappa shape index (κ1) is 18.1. The van der Waals surface area contributed by atoms with E-state index in [2.05, 4.69) is 5.32 Å². The molecule has 0 fully saturated rings. The van der Waals surface area contributed by atoms with Gasteiger partial charge in [0.25, 0.3) is 0 Å². The highest BCUT2D eigenvalue weighted by atomic mass is 32.2. The average Bonchev–Trinajstić information content (AvgIpc) is 2.46. The van der Waals surface area contributed by atoms with E-state index < -0.39 is 15.6 Å². The lowest BCUT2D eigenvalue weighted by Crippen LogP contribution is -2.44. The molecule has 0 aromatic heterocycles. The van der Waals surface area contributed by atoms with Gasteiger partial charge in [-0.2, -0.15) is 4.31 Å². The van der Waals surface area contributed by atoms with Gasteiger partial charge in [0, 0.05) is 19.1 Å². The Bertz CT molecular complexity index is 580. The van der Waals surface area contributed by atoms with Crippen LogP contribution in [0.4, 0.5) is 0 Å². The summed E-state index contributed by atoms with van der Waals surface area (Å²) in [6.45, 7) is 8.55. The molecule has 1 aromatic rings. The Morgan fingerprint density at radius 2 is 1.86 bits per heavy atom. The Morgan fingerprint density at radius 1 is 1.24 bits per heavy atom. The Kier molecular flexibility index (Phi) is 5.96. The molecule has 0 aliphatic heterocycles. The fourth-order valence-electron chi connectivity index (χ4n) is 2.14. The van der Waals surface area contributed by atoms with E-state index in [0.29, 0.717) is 17.9 Å². The van der Waals surface area contributed by atoms with E-state index in [1.165, 1.54) is 4.31 Å². The van der Waals surface area contributed by atoms with Crippen LogP contribution in [0.3, 0.4) is 0 Å².